The zero-order valence-corrected chi connectivity index (χ0v) is 14.5. The van der Waals surface area contributed by atoms with Crippen molar-refractivity contribution in [2.24, 2.45) is 0 Å². The minimum Gasteiger partial charge on any atom is -0.441 e. The molecule has 0 spiro atoms. The molecule has 4 heteroatoms. The molecule has 0 amide bonds. The average molecular weight is 307 g/mol. The molecule has 0 fully saturated rings. The molecule has 0 saturated carbocycles. The van der Waals surface area contributed by atoms with Crippen LogP contribution in [0.4, 0.5) is 0 Å². The van der Waals surface area contributed by atoms with Crippen LogP contribution in [0, 0.1) is 12.0 Å². The second-order valence-corrected chi connectivity index (χ2v) is 8.80. The fourth-order valence-electron chi connectivity index (χ4n) is 1.35. The van der Waals surface area contributed by atoms with Crippen molar-refractivity contribution in [2.75, 3.05) is 0 Å². The Labute approximate surface area is 131 Å². The topological polar surface area (TPSA) is 38.3 Å². The molecule has 0 saturated heterocycles. The molecule has 1 unspecified atom stereocenters. The van der Waals surface area contributed by atoms with Gasteiger partial charge in [0, 0.05) is 0 Å². The highest BCUT2D eigenvalue weighted by Crippen LogP contribution is 2.17. The summed E-state index contributed by atoms with van der Waals surface area (Å²) in [5.41, 5.74) is 0.650. The zero-order chi connectivity index (χ0) is 16.1. The number of rotatable bonds is 3. The van der Waals surface area contributed by atoms with Crippen LogP contribution in [0.2, 0.25) is 0 Å². The lowest BCUT2D eigenvalue weighted by atomic mass is 10.1. The molecule has 1 N–H and O–H groups in total. The Morgan fingerprint density at radius 1 is 1.10 bits per heavy atom. The Morgan fingerprint density at radius 3 is 2.14 bits per heavy atom. The minimum absolute atomic E-state index is 0.322. The van der Waals surface area contributed by atoms with Crippen LogP contribution in [0.15, 0.2) is 30.3 Å². The maximum absolute atomic E-state index is 12.3. The number of hydrogen-bond acceptors (Lipinski definition) is 2. The SMILES string of the molecule is CC(C)(C)OC#C[C@@H](NS(=O)C(C)(C)C)c1ccccc1. The maximum Gasteiger partial charge on any atom is 0.112 e. The number of nitrogens with one attached hydrogen (secondary N) is 1. The van der Waals surface area contributed by atoms with E-state index in [1.54, 1.807) is 0 Å². The van der Waals surface area contributed by atoms with Crippen molar-refractivity contribution in [3.63, 3.8) is 0 Å². The van der Waals surface area contributed by atoms with Gasteiger partial charge in [-0.05, 0) is 53.0 Å². The molecular weight excluding hydrogens is 282 g/mol. The Morgan fingerprint density at radius 2 is 1.67 bits per heavy atom. The van der Waals surface area contributed by atoms with Gasteiger partial charge in [-0.2, -0.15) is 0 Å². The van der Waals surface area contributed by atoms with E-state index in [9.17, 15) is 4.21 Å². The van der Waals surface area contributed by atoms with Crippen molar-refractivity contribution in [1.82, 2.24) is 4.72 Å². The maximum atomic E-state index is 12.3. The lowest BCUT2D eigenvalue weighted by Gasteiger charge is -2.22. The number of hydrogen-bond donors (Lipinski definition) is 1. The van der Waals surface area contributed by atoms with Crippen molar-refractivity contribution < 1.29 is 8.95 Å². The first-order valence-corrected chi connectivity index (χ1v) is 8.16. The van der Waals surface area contributed by atoms with Gasteiger partial charge in [0.05, 0.1) is 15.7 Å². The first-order valence-electron chi connectivity index (χ1n) is 7.01. The fourth-order valence-corrected chi connectivity index (χ4v) is 2.11. The van der Waals surface area contributed by atoms with E-state index < -0.39 is 11.0 Å². The lowest BCUT2D eigenvalue weighted by Crippen LogP contribution is -2.35. The van der Waals surface area contributed by atoms with Crippen LogP contribution >= 0.6 is 0 Å². The number of ether oxygens (including phenoxy) is 1. The molecule has 0 aliphatic carbocycles. The summed E-state index contributed by atoms with van der Waals surface area (Å²) in [6.07, 6.45) is 2.73. The molecule has 3 nitrogen and oxygen atoms in total. The van der Waals surface area contributed by atoms with Gasteiger partial charge in [-0.25, -0.2) is 8.93 Å². The fraction of sp³-hybridized carbons (Fsp3) is 0.529. The van der Waals surface area contributed by atoms with Gasteiger partial charge in [0.2, 0.25) is 0 Å². The predicted molar refractivity (Wildman–Crippen MR) is 88.8 cm³/mol. The average Bonchev–Trinajstić information content (AvgIpc) is 2.36. The van der Waals surface area contributed by atoms with E-state index in [0.29, 0.717) is 0 Å². The largest absolute Gasteiger partial charge is 0.441 e. The molecule has 0 aliphatic rings. The Balaban J connectivity index is 2.94. The van der Waals surface area contributed by atoms with E-state index >= 15 is 0 Å². The van der Waals surface area contributed by atoms with Gasteiger partial charge in [0.15, 0.2) is 0 Å². The van der Waals surface area contributed by atoms with Gasteiger partial charge in [-0.3, -0.25) is 0 Å². The molecular formula is C17H25NO2S. The van der Waals surface area contributed by atoms with Gasteiger partial charge < -0.3 is 4.74 Å². The predicted octanol–water partition coefficient (Wildman–Crippen LogP) is 3.56. The second-order valence-electron chi connectivity index (χ2n) is 6.80. The van der Waals surface area contributed by atoms with Crippen LogP contribution < -0.4 is 4.72 Å². The van der Waals surface area contributed by atoms with Crippen molar-refractivity contribution >= 4 is 11.0 Å². The Kier molecular flexibility index (Phi) is 6.00. The van der Waals surface area contributed by atoms with Gasteiger partial charge in [-0.1, -0.05) is 30.3 Å². The summed E-state index contributed by atoms with van der Waals surface area (Å²) in [5, 5.41) is 0. The summed E-state index contributed by atoms with van der Waals surface area (Å²) in [7, 11) is -1.20. The van der Waals surface area contributed by atoms with Crippen LogP contribution in [0.3, 0.4) is 0 Å². The first-order chi connectivity index (χ1) is 9.59. The number of benzene rings is 1. The third-order valence-electron chi connectivity index (χ3n) is 2.47. The van der Waals surface area contributed by atoms with Gasteiger partial charge in [0.25, 0.3) is 0 Å². The second kappa shape index (κ2) is 7.11. The van der Waals surface area contributed by atoms with Gasteiger partial charge in [0.1, 0.15) is 17.7 Å². The summed E-state index contributed by atoms with van der Waals surface area (Å²) in [4.78, 5) is 0. The minimum atomic E-state index is -1.20. The summed E-state index contributed by atoms with van der Waals surface area (Å²) in [5.74, 6) is 3.02. The molecule has 0 aliphatic heterocycles. The van der Waals surface area contributed by atoms with Crippen molar-refractivity contribution in [3.8, 4) is 12.0 Å². The van der Waals surface area contributed by atoms with E-state index in [4.69, 9.17) is 4.74 Å². The molecule has 0 bridgehead atoms. The van der Waals surface area contributed by atoms with E-state index in [-0.39, 0.29) is 16.4 Å². The van der Waals surface area contributed by atoms with Crippen molar-refractivity contribution in [3.05, 3.63) is 35.9 Å². The van der Waals surface area contributed by atoms with Gasteiger partial charge in [-0.15, -0.1) is 0 Å². The van der Waals surface area contributed by atoms with Crippen LogP contribution in [-0.2, 0) is 15.7 Å². The molecule has 2 atom stereocenters. The standard InChI is InChI=1S/C17H25NO2S/c1-16(2,3)20-13-12-15(14-10-8-7-9-11-14)18-21(19)17(4,5)6/h7-11,15,18H,1-6H3/t15-,21?/m1/s1. The monoisotopic (exact) mass is 307 g/mol. The van der Waals surface area contributed by atoms with Crippen molar-refractivity contribution in [1.29, 1.82) is 0 Å². The molecule has 1 aromatic carbocycles. The molecule has 21 heavy (non-hydrogen) atoms. The molecule has 0 radical (unpaired) electrons. The quantitative estimate of drug-likeness (QED) is 0.867. The normalized spacial score (nSPS) is 14.8. The highest BCUT2D eigenvalue weighted by Gasteiger charge is 2.23. The van der Waals surface area contributed by atoms with E-state index in [0.717, 1.165) is 5.56 Å². The first kappa shape index (κ1) is 17.7. The van der Waals surface area contributed by atoms with Crippen LogP contribution in [0.25, 0.3) is 0 Å². The third kappa shape index (κ3) is 6.79. The Hall–Kier alpha value is -1.31. The van der Waals surface area contributed by atoms with Crippen molar-refractivity contribution in [2.45, 2.75) is 57.9 Å². The molecule has 1 aromatic rings. The van der Waals surface area contributed by atoms with Crippen LogP contribution in [-0.4, -0.2) is 14.6 Å². The van der Waals surface area contributed by atoms with E-state index in [2.05, 4.69) is 16.7 Å². The molecule has 116 valence electrons. The molecule has 0 aromatic heterocycles. The van der Waals surface area contributed by atoms with E-state index in [1.165, 1.54) is 0 Å². The summed E-state index contributed by atoms with van der Waals surface area (Å²) in [6, 6.07) is 9.42. The van der Waals surface area contributed by atoms with Gasteiger partial charge >= 0.3 is 0 Å². The summed E-state index contributed by atoms with van der Waals surface area (Å²) >= 11 is 0. The highest BCUT2D eigenvalue weighted by atomic mass is 32.2. The molecule has 0 heterocycles. The third-order valence-corrected chi connectivity index (χ3v) is 4.04. The highest BCUT2D eigenvalue weighted by molar-refractivity contribution is 7.84. The summed E-state index contributed by atoms with van der Waals surface area (Å²) in [6.45, 7) is 11.6. The smallest absolute Gasteiger partial charge is 0.112 e. The Bertz CT molecular complexity index is 530. The van der Waals surface area contributed by atoms with E-state index in [1.807, 2.05) is 71.9 Å². The lowest BCUT2D eigenvalue weighted by molar-refractivity contribution is 0.0960. The van der Waals surface area contributed by atoms with Crippen LogP contribution in [0.5, 0.6) is 0 Å². The van der Waals surface area contributed by atoms with Crippen LogP contribution in [0.1, 0.15) is 53.1 Å². The summed E-state index contributed by atoms with van der Waals surface area (Å²) < 4.78 is 20.5. The molecule has 1 rings (SSSR count). The zero-order valence-electron chi connectivity index (χ0n) is 13.7.